The Labute approximate surface area is 163 Å². The summed E-state index contributed by atoms with van der Waals surface area (Å²) >= 11 is 0. The Morgan fingerprint density at radius 3 is 1.19 bits per heavy atom. The van der Waals surface area contributed by atoms with E-state index in [1.807, 2.05) is 0 Å². The van der Waals surface area contributed by atoms with Crippen LogP contribution < -0.4 is 0 Å². The monoisotopic (exact) mass is 406 g/mol. The smallest absolute Gasteiger partial charge is 0.348 e. The number of carbonyl (C=O) groups is 1. The summed E-state index contributed by atoms with van der Waals surface area (Å²) in [6, 6.07) is 1.53. The number of unbranched alkanes of at least 4 members (excludes halogenated alkanes) is 2. The molecule has 0 aromatic heterocycles. The summed E-state index contributed by atoms with van der Waals surface area (Å²) in [5.74, 6) is 0.251. The van der Waals surface area contributed by atoms with Gasteiger partial charge in [0.05, 0.1) is 11.1 Å². The van der Waals surface area contributed by atoms with Crippen molar-refractivity contribution >= 4 is 22.9 Å². The van der Waals surface area contributed by atoms with Crippen LogP contribution in [0.3, 0.4) is 0 Å². The molecule has 0 saturated carbocycles. The molecule has 5 nitrogen and oxygen atoms in total. The normalized spacial score (nSPS) is 15.1. The van der Waals surface area contributed by atoms with Gasteiger partial charge in [-0.15, -0.1) is 0 Å². The highest BCUT2D eigenvalue weighted by atomic mass is 28.4. The lowest BCUT2D eigenvalue weighted by atomic mass is 10.0. The van der Waals surface area contributed by atoms with Crippen molar-refractivity contribution in [3.05, 3.63) is 0 Å². The van der Waals surface area contributed by atoms with Crippen molar-refractivity contribution in [1.82, 2.24) is 0 Å². The average Bonchev–Trinajstić information content (AvgIpc) is 2.69. The molecule has 156 valence electrons. The van der Waals surface area contributed by atoms with E-state index in [1.165, 1.54) is 0 Å². The Morgan fingerprint density at radius 1 is 0.692 bits per heavy atom. The number of hydrogen-bond acceptors (Lipinski definition) is 5. The molecule has 0 bridgehead atoms. The Kier molecular flexibility index (Phi) is 13.1. The van der Waals surface area contributed by atoms with Gasteiger partial charge in [0.25, 0.3) is 0 Å². The van der Waals surface area contributed by atoms with Crippen molar-refractivity contribution in [3.8, 4) is 0 Å². The first-order valence-corrected chi connectivity index (χ1v) is 14.4. The predicted octanol–water partition coefficient (Wildman–Crippen LogP) is 5.19. The van der Waals surface area contributed by atoms with Crippen molar-refractivity contribution in [3.63, 3.8) is 0 Å². The van der Waals surface area contributed by atoms with Gasteiger partial charge in [-0.25, -0.2) is 0 Å². The zero-order chi connectivity index (χ0) is 20.2. The van der Waals surface area contributed by atoms with Crippen LogP contribution in [-0.2, 0) is 22.5 Å². The van der Waals surface area contributed by atoms with Crippen molar-refractivity contribution in [1.29, 1.82) is 0 Å². The number of ketones is 1. The highest BCUT2D eigenvalue weighted by molar-refractivity contribution is 6.77. The molecule has 0 aliphatic rings. The van der Waals surface area contributed by atoms with Crippen LogP contribution in [0, 0.1) is 0 Å². The molecule has 0 aromatic rings. The van der Waals surface area contributed by atoms with E-state index >= 15 is 0 Å². The first kappa shape index (κ1) is 25.9. The number of hydrogen-bond donors (Lipinski definition) is 0. The molecule has 2 unspecified atom stereocenters. The quantitative estimate of drug-likeness (QED) is 0.330. The molecule has 26 heavy (non-hydrogen) atoms. The molecule has 0 spiro atoms. The fourth-order valence-electron chi connectivity index (χ4n) is 4.02. The van der Waals surface area contributed by atoms with Gasteiger partial charge in [0.1, 0.15) is 5.78 Å². The maximum atomic E-state index is 13.9. The first-order chi connectivity index (χ1) is 12.4. The van der Waals surface area contributed by atoms with Gasteiger partial charge in [0.15, 0.2) is 0 Å². The largest absolute Gasteiger partial charge is 0.397 e. The fraction of sp³-hybridized carbons (Fsp3) is 0.947. The minimum Gasteiger partial charge on any atom is -0.397 e. The van der Waals surface area contributed by atoms with E-state index in [0.717, 1.165) is 50.6 Å². The highest BCUT2D eigenvalue weighted by Crippen LogP contribution is 2.42. The third kappa shape index (κ3) is 5.97. The summed E-state index contributed by atoms with van der Waals surface area (Å²) in [6.07, 6.45) is 5.74. The molecule has 0 aliphatic carbocycles. The zero-order valence-electron chi connectivity index (χ0n) is 18.4. The Balaban J connectivity index is 6.01. The molecule has 0 radical (unpaired) electrons. The topological polar surface area (TPSA) is 54.0 Å². The lowest BCUT2D eigenvalue weighted by molar-refractivity contribution is -0.120. The van der Waals surface area contributed by atoms with Crippen LogP contribution in [0.1, 0.15) is 66.2 Å². The maximum absolute atomic E-state index is 13.9. The summed E-state index contributed by atoms with van der Waals surface area (Å²) in [7, 11) is 1.58. The van der Waals surface area contributed by atoms with Gasteiger partial charge in [-0.3, -0.25) is 4.79 Å². The lowest BCUT2D eigenvalue weighted by Crippen LogP contribution is -2.53. The lowest BCUT2D eigenvalue weighted by Gasteiger charge is -2.39. The maximum Gasteiger partial charge on any atom is 0.348 e. The second-order valence-corrected chi connectivity index (χ2v) is 14.6. The van der Waals surface area contributed by atoms with Crippen LogP contribution in [0.15, 0.2) is 0 Å². The molecule has 2 atom stereocenters. The van der Waals surface area contributed by atoms with E-state index < -0.39 is 17.1 Å². The molecule has 0 heterocycles. The molecule has 0 aliphatic heterocycles. The van der Waals surface area contributed by atoms with E-state index in [1.54, 1.807) is 28.4 Å². The third-order valence-electron chi connectivity index (χ3n) is 5.81. The van der Waals surface area contributed by atoms with Gasteiger partial charge in [-0.2, -0.15) is 0 Å². The summed E-state index contributed by atoms with van der Waals surface area (Å²) < 4.78 is 23.7. The van der Waals surface area contributed by atoms with Crippen LogP contribution in [0.25, 0.3) is 0 Å². The van der Waals surface area contributed by atoms with Gasteiger partial charge in [-0.05, 0) is 24.9 Å². The second-order valence-electron chi connectivity index (χ2n) is 6.94. The van der Waals surface area contributed by atoms with E-state index in [0.29, 0.717) is 0 Å². The van der Waals surface area contributed by atoms with E-state index in [2.05, 4.69) is 27.7 Å². The van der Waals surface area contributed by atoms with Crippen molar-refractivity contribution in [2.24, 2.45) is 0 Å². The average molecular weight is 407 g/mol. The van der Waals surface area contributed by atoms with Gasteiger partial charge < -0.3 is 17.7 Å². The molecule has 0 rings (SSSR count). The highest BCUT2D eigenvalue weighted by Gasteiger charge is 2.54. The predicted molar refractivity (Wildman–Crippen MR) is 112 cm³/mol. The Morgan fingerprint density at radius 2 is 1.00 bits per heavy atom. The van der Waals surface area contributed by atoms with Crippen LogP contribution in [0.2, 0.25) is 23.2 Å². The summed E-state index contributed by atoms with van der Waals surface area (Å²) in [5, 5.41) is 0. The standard InChI is InChI=1S/C19H42O5Si2/c1-9-13-15-17(25(11-3,21-5)22-6)19(20)18(16-14-10-2)26(12-4,23-7)24-8/h17-18H,9-16H2,1-8H3. The van der Waals surface area contributed by atoms with Crippen molar-refractivity contribution in [2.45, 2.75) is 89.4 Å². The van der Waals surface area contributed by atoms with Crippen LogP contribution in [0.4, 0.5) is 0 Å². The summed E-state index contributed by atoms with van der Waals surface area (Å²) in [4.78, 5) is 13.9. The van der Waals surface area contributed by atoms with Gasteiger partial charge in [0, 0.05) is 28.4 Å². The number of carbonyl (C=O) groups excluding carboxylic acids is 1. The van der Waals surface area contributed by atoms with Crippen LogP contribution in [0.5, 0.6) is 0 Å². The van der Waals surface area contributed by atoms with E-state index in [9.17, 15) is 4.79 Å². The number of rotatable bonds is 16. The molecule has 0 N–H and O–H groups in total. The molecular formula is C19H42O5Si2. The second kappa shape index (κ2) is 13.2. The molecule has 0 fully saturated rings. The van der Waals surface area contributed by atoms with Crippen LogP contribution >= 0.6 is 0 Å². The minimum atomic E-state index is -2.60. The van der Waals surface area contributed by atoms with Gasteiger partial charge in [-0.1, -0.05) is 53.4 Å². The molecule has 0 amide bonds. The molecule has 0 saturated heterocycles. The Bertz CT molecular complexity index is 334. The molecule has 0 aromatic carbocycles. The summed E-state index contributed by atoms with van der Waals surface area (Å²) in [6.45, 7) is 8.45. The van der Waals surface area contributed by atoms with Crippen LogP contribution in [-0.4, -0.2) is 51.3 Å². The SMILES string of the molecule is CCCCC(C(=O)C(CCCC)[Si](CC)(OC)OC)[Si](CC)(OC)OC. The molecular weight excluding hydrogens is 364 g/mol. The number of Topliss-reactive ketones (excluding diaryl/α,β-unsaturated/α-hetero) is 1. The Hall–Kier alpha value is -0.0562. The minimum absolute atomic E-state index is 0.173. The van der Waals surface area contributed by atoms with Gasteiger partial charge in [0.2, 0.25) is 0 Å². The zero-order valence-corrected chi connectivity index (χ0v) is 20.4. The summed E-state index contributed by atoms with van der Waals surface area (Å²) in [5.41, 5.74) is -0.346. The molecule has 7 heteroatoms. The van der Waals surface area contributed by atoms with E-state index in [-0.39, 0.29) is 16.9 Å². The van der Waals surface area contributed by atoms with Crippen molar-refractivity contribution in [2.75, 3.05) is 28.4 Å². The van der Waals surface area contributed by atoms with Gasteiger partial charge >= 0.3 is 17.1 Å². The fourth-order valence-corrected chi connectivity index (χ4v) is 10.4. The first-order valence-electron chi connectivity index (χ1n) is 10.2. The van der Waals surface area contributed by atoms with Crippen molar-refractivity contribution < 1.29 is 22.5 Å². The van der Waals surface area contributed by atoms with E-state index in [4.69, 9.17) is 17.7 Å². The third-order valence-corrected chi connectivity index (χ3v) is 13.8.